The zero-order chi connectivity index (χ0) is 10.5. The van der Waals surface area contributed by atoms with E-state index in [-0.39, 0.29) is 6.10 Å². The first-order valence-electron chi connectivity index (χ1n) is 5.12. The highest BCUT2D eigenvalue weighted by Crippen LogP contribution is 2.03. The van der Waals surface area contributed by atoms with E-state index in [0.29, 0.717) is 19.8 Å². The van der Waals surface area contributed by atoms with Crippen LogP contribution in [0.5, 0.6) is 0 Å². The maximum Gasteiger partial charge on any atom is 0.141 e. The van der Waals surface area contributed by atoms with Crippen LogP contribution in [0.3, 0.4) is 0 Å². The molecule has 1 heterocycles. The monoisotopic (exact) mass is 202 g/mol. The maximum absolute atomic E-state index is 5.43. The number of ether oxygens (including phenoxy) is 2. The number of hydrogen-bond donors (Lipinski definition) is 0. The van der Waals surface area contributed by atoms with E-state index in [1.165, 1.54) is 5.56 Å². The summed E-state index contributed by atoms with van der Waals surface area (Å²) in [4.78, 5) is 0. The van der Waals surface area contributed by atoms with Gasteiger partial charge in [-0.15, -0.1) is 0 Å². The molecule has 1 saturated heterocycles. The van der Waals surface area contributed by atoms with E-state index in [2.05, 4.69) is 30.9 Å². The lowest BCUT2D eigenvalue weighted by atomic mass is 10.1. The summed E-state index contributed by atoms with van der Waals surface area (Å²) in [6.07, 6.45) is -0.0701. The minimum atomic E-state index is -0.0701. The molecule has 0 aromatic heterocycles. The van der Waals surface area contributed by atoms with Crippen molar-refractivity contribution in [3.05, 3.63) is 35.4 Å². The summed E-state index contributed by atoms with van der Waals surface area (Å²) in [6, 6.07) is 8.14. The van der Waals surface area contributed by atoms with Gasteiger partial charge in [-0.2, -0.15) is 0 Å². The Hall–Kier alpha value is -1.30. The Morgan fingerprint density at radius 1 is 1.33 bits per heavy atom. The molecule has 1 atom stereocenters. The van der Waals surface area contributed by atoms with Crippen LogP contribution in [-0.4, -0.2) is 25.9 Å². The molecular weight excluding hydrogens is 188 g/mol. The topological polar surface area (TPSA) is 18.5 Å². The van der Waals surface area contributed by atoms with Gasteiger partial charge in [0.25, 0.3) is 0 Å². The normalized spacial score (nSPS) is 20.5. The molecule has 2 nitrogen and oxygen atoms in total. The molecule has 0 aliphatic carbocycles. The largest absolute Gasteiger partial charge is 0.375 e. The molecule has 0 saturated carbocycles. The van der Waals surface area contributed by atoms with Gasteiger partial charge in [0.2, 0.25) is 0 Å². The molecule has 0 bridgehead atoms. The standard InChI is InChI=1S/C13H14O2/c1-11-3-2-4-12(9-11)5-6-13-10-14-7-8-15-13/h2-4,9,13H,7-8,10H2,1H3. The highest BCUT2D eigenvalue weighted by atomic mass is 16.6. The van der Waals surface area contributed by atoms with Gasteiger partial charge >= 0.3 is 0 Å². The van der Waals surface area contributed by atoms with Gasteiger partial charge in [0.1, 0.15) is 6.10 Å². The molecule has 1 fully saturated rings. The van der Waals surface area contributed by atoms with Crippen molar-refractivity contribution in [2.45, 2.75) is 13.0 Å². The van der Waals surface area contributed by atoms with Gasteiger partial charge in [-0.05, 0) is 24.6 Å². The van der Waals surface area contributed by atoms with E-state index in [9.17, 15) is 0 Å². The van der Waals surface area contributed by atoms with Gasteiger partial charge in [0.15, 0.2) is 0 Å². The average molecular weight is 202 g/mol. The van der Waals surface area contributed by atoms with Crippen molar-refractivity contribution in [2.75, 3.05) is 19.8 Å². The third-order valence-corrected chi connectivity index (χ3v) is 2.21. The average Bonchev–Trinajstić information content (AvgIpc) is 2.28. The molecule has 1 aromatic carbocycles. The fourth-order valence-corrected chi connectivity index (χ4v) is 1.46. The van der Waals surface area contributed by atoms with Crippen molar-refractivity contribution >= 4 is 0 Å². The van der Waals surface area contributed by atoms with Gasteiger partial charge in [-0.1, -0.05) is 24.0 Å². The Labute approximate surface area is 90.2 Å². The smallest absolute Gasteiger partial charge is 0.141 e. The zero-order valence-electron chi connectivity index (χ0n) is 8.82. The van der Waals surface area contributed by atoms with Crippen LogP contribution < -0.4 is 0 Å². The summed E-state index contributed by atoms with van der Waals surface area (Å²) in [6.45, 7) is 3.97. The molecule has 0 radical (unpaired) electrons. The van der Waals surface area contributed by atoms with Crippen molar-refractivity contribution in [3.8, 4) is 11.8 Å². The molecule has 0 spiro atoms. The summed E-state index contributed by atoms with van der Waals surface area (Å²) in [7, 11) is 0. The van der Waals surface area contributed by atoms with Crippen LogP contribution in [0, 0.1) is 18.8 Å². The van der Waals surface area contributed by atoms with Gasteiger partial charge in [0, 0.05) is 5.56 Å². The number of rotatable bonds is 0. The van der Waals surface area contributed by atoms with Crippen LogP contribution in [0.25, 0.3) is 0 Å². The van der Waals surface area contributed by atoms with Crippen molar-refractivity contribution in [3.63, 3.8) is 0 Å². The highest BCUT2D eigenvalue weighted by Gasteiger charge is 2.10. The predicted octanol–water partition coefficient (Wildman–Crippen LogP) is 1.76. The summed E-state index contributed by atoms with van der Waals surface area (Å²) in [5.74, 6) is 6.17. The molecule has 1 aliphatic heterocycles. The van der Waals surface area contributed by atoms with Gasteiger partial charge in [0.05, 0.1) is 19.8 Å². The fraction of sp³-hybridized carbons (Fsp3) is 0.385. The summed E-state index contributed by atoms with van der Waals surface area (Å²) >= 11 is 0. The van der Waals surface area contributed by atoms with Crippen LogP contribution in [0.4, 0.5) is 0 Å². The highest BCUT2D eigenvalue weighted by molar-refractivity contribution is 5.37. The number of hydrogen-bond acceptors (Lipinski definition) is 2. The van der Waals surface area contributed by atoms with E-state index in [1.807, 2.05) is 12.1 Å². The van der Waals surface area contributed by atoms with Gasteiger partial charge in [-0.25, -0.2) is 0 Å². The van der Waals surface area contributed by atoms with Crippen LogP contribution in [0.1, 0.15) is 11.1 Å². The summed E-state index contributed by atoms with van der Waals surface area (Å²) in [5.41, 5.74) is 2.26. The zero-order valence-corrected chi connectivity index (χ0v) is 8.82. The van der Waals surface area contributed by atoms with Crippen LogP contribution >= 0.6 is 0 Å². The van der Waals surface area contributed by atoms with E-state index in [1.54, 1.807) is 0 Å². The quantitative estimate of drug-likeness (QED) is 0.597. The molecule has 78 valence electrons. The third kappa shape index (κ3) is 3.09. The molecule has 15 heavy (non-hydrogen) atoms. The first kappa shape index (κ1) is 10.2. The SMILES string of the molecule is Cc1cccc(C#CC2COCCO2)c1. The Kier molecular flexibility index (Phi) is 3.39. The number of aryl methyl sites for hydroxylation is 1. The summed E-state index contributed by atoms with van der Waals surface area (Å²) in [5, 5.41) is 0. The van der Waals surface area contributed by atoms with Crippen molar-refractivity contribution in [2.24, 2.45) is 0 Å². The first-order chi connectivity index (χ1) is 7.34. The minimum absolute atomic E-state index is 0.0701. The van der Waals surface area contributed by atoms with Crippen molar-refractivity contribution in [1.82, 2.24) is 0 Å². The van der Waals surface area contributed by atoms with E-state index < -0.39 is 0 Å². The molecule has 2 rings (SSSR count). The number of benzene rings is 1. The lowest BCUT2D eigenvalue weighted by molar-refractivity contribution is -0.0635. The van der Waals surface area contributed by atoms with E-state index in [0.717, 1.165) is 5.56 Å². The molecule has 2 heteroatoms. The van der Waals surface area contributed by atoms with E-state index >= 15 is 0 Å². The summed E-state index contributed by atoms with van der Waals surface area (Å²) < 4.78 is 10.7. The van der Waals surface area contributed by atoms with Gasteiger partial charge in [-0.3, -0.25) is 0 Å². The van der Waals surface area contributed by atoms with E-state index in [4.69, 9.17) is 9.47 Å². The first-order valence-corrected chi connectivity index (χ1v) is 5.12. The second-order valence-corrected chi connectivity index (χ2v) is 3.57. The molecule has 1 aliphatic rings. The second kappa shape index (κ2) is 4.97. The maximum atomic E-state index is 5.43. The van der Waals surface area contributed by atoms with Crippen molar-refractivity contribution in [1.29, 1.82) is 0 Å². The second-order valence-electron chi connectivity index (χ2n) is 3.57. The molecule has 0 N–H and O–H groups in total. The van der Waals surface area contributed by atoms with Crippen LogP contribution in [0.15, 0.2) is 24.3 Å². The third-order valence-electron chi connectivity index (χ3n) is 2.21. The van der Waals surface area contributed by atoms with Crippen molar-refractivity contribution < 1.29 is 9.47 Å². The lowest BCUT2D eigenvalue weighted by Gasteiger charge is -2.17. The molecule has 1 unspecified atom stereocenters. The molecule has 1 aromatic rings. The Balaban J connectivity index is 2.03. The molecule has 0 amide bonds. The van der Waals surface area contributed by atoms with Crippen LogP contribution in [-0.2, 0) is 9.47 Å². The Morgan fingerprint density at radius 3 is 3.00 bits per heavy atom. The van der Waals surface area contributed by atoms with Gasteiger partial charge < -0.3 is 9.47 Å². The Bertz CT molecular complexity index is 381. The fourth-order valence-electron chi connectivity index (χ4n) is 1.46. The predicted molar refractivity (Wildman–Crippen MR) is 58.6 cm³/mol. The Morgan fingerprint density at radius 2 is 2.27 bits per heavy atom. The van der Waals surface area contributed by atoms with Crippen LogP contribution in [0.2, 0.25) is 0 Å². The molecular formula is C13H14O2. The lowest BCUT2D eigenvalue weighted by Crippen LogP contribution is -2.27. The minimum Gasteiger partial charge on any atom is -0.375 e.